The van der Waals surface area contributed by atoms with E-state index in [1.54, 1.807) is 37.8 Å². The topological polar surface area (TPSA) is 125 Å². The fourth-order valence-electron chi connectivity index (χ4n) is 4.88. The summed E-state index contributed by atoms with van der Waals surface area (Å²) in [4.78, 5) is 40.5. The lowest BCUT2D eigenvalue weighted by Crippen LogP contribution is -2.46. The van der Waals surface area contributed by atoms with Gasteiger partial charge in [-0.1, -0.05) is 13.8 Å². The number of carbonyl (C=O) groups is 3. The molecule has 0 fully saturated rings. The Balaban J connectivity index is 2.70. The molecule has 40 heavy (non-hydrogen) atoms. The Morgan fingerprint density at radius 3 is 2.08 bits per heavy atom. The fourth-order valence-corrected chi connectivity index (χ4v) is 4.88. The minimum absolute atomic E-state index is 0.0500. The largest absolute Gasteiger partial charge is 0.391 e. The maximum absolute atomic E-state index is 14.1. The second-order valence-corrected chi connectivity index (χ2v) is 10.1. The smallest absolute Gasteiger partial charge is 0.254 e. The highest BCUT2D eigenvalue weighted by molar-refractivity contribution is 6.02. The van der Waals surface area contributed by atoms with Gasteiger partial charge in [-0.3, -0.25) is 14.4 Å². The van der Waals surface area contributed by atoms with Crippen molar-refractivity contribution in [3.05, 3.63) is 69.8 Å². The van der Waals surface area contributed by atoms with E-state index < -0.39 is 35.6 Å². The Morgan fingerprint density at radius 1 is 0.975 bits per heavy atom. The molecule has 0 saturated carbocycles. The predicted octanol–water partition coefficient (Wildman–Crippen LogP) is 3.44. The molecular formula is C30H42F2N4O4. The van der Waals surface area contributed by atoms with Crippen molar-refractivity contribution in [3.63, 3.8) is 0 Å². The molecule has 8 nitrogen and oxygen atoms in total. The highest BCUT2D eigenvalue weighted by atomic mass is 19.1. The molecule has 0 spiro atoms. The summed E-state index contributed by atoms with van der Waals surface area (Å²) in [6.07, 6.45) is 0.0666. The number of nitrogens with zero attached hydrogens (tertiary/aromatic N) is 1. The van der Waals surface area contributed by atoms with Gasteiger partial charge in [-0.05, 0) is 81.0 Å². The molecule has 0 saturated heterocycles. The molecule has 2 aromatic rings. The number of hydrogen-bond acceptors (Lipinski definition) is 5. The third-order valence-corrected chi connectivity index (χ3v) is 6.69. The van der Waals surface area contributed by atoms with Crippen LogP contribution in [0.3, 0.4) is 0 Å². The van der Waals surface area contributed by atoms with Crippen molar-refractivity contribution >= 4 is 17.7 Å². The van der Waals surface area contributed by atoms with Crippen LogP contribution >= 0.6 is 0 Å². The third kappa shape index (κ3) is 8.82. The van der Waals surface area contributed by atoms with Crippen molar-refractivity contribution in [2.75, 3.05) is 26.2 Å². The van der Waals surface area contributed by atoms with Crippen molar-refractivity contribution in [1.29, 1.82) is 0 Å². The van der Waals surface area contributed by atoms with Gasteiger partial charge < -0.3 is 26.4 Å². The molecular weight excluding hydrogens is 518 g/mol. The molecule has 2 aromatic carbocycles. The lowest BCUT2D eigenvalue weighted by atomic mass is 9.80. The van der Waals surface area contributed by atoms with E-state index in [1.165, 1.54) is 0 Å². The normalized spacial score (nSPS) is 13.4. The second-order valence-electron chi connectivity index (χ2n) is 10.1. The van der Waals surface area contributed by atoms with Crippen LogP contribution in [0, 0.1) is 18.6 Å². The summed E-state index contributed by atoms with van der Waals surface area (Å²) < 4.78 is 28.3. The molecule has 0 bridgehead atoms. The standard InChI is InChI=1S/C30H42F2N4O4/c1-6-9-36(10-7-2)30(40)25-12-18(4)11-24(28(33)38)27(25)23(15-20-13-21(31)16-22(32)14-20)26(37)17-35-19(5)29(39)34-8-3/h11-14,16,19,23,26,35,37H,6-10,15,17H2,1-5H3,(H2,33,38)(H,34,39). The number of aliphatic hydroxyl groups is 1. The van der Waals surface area contributed by atoms with Gasteiger partial charge in [0.2, 0.25) is 11.8 Å². The van der Waals surface area contributed by atoms with Gasteiger partial charge in [0.05, 0.1) is 12.1 Å². The van der Waals surface area contributed by atoms with E-state index in [0.717, 1.165) is 18.2 Å². The summed E-state index contributed by atoms with van der Waals surface area (Å²) in [6.45, 7) is 10.4. The fraction of sp³-hybridized carbons (Fsp3) is 0.500. The maximum atomic E-state index is 14.1. The number of carbonyl (C=O) groups excluding carboxylic acids is 3. The molecule has 3 atom stereocenters. The number of amides is 3. The molecule has 3 unspecified atom stereocenters. The molecule has 0 radical (unpaired) electrons. The van der Waals surface area contributed by atoms with Crippen molar-refractivity contribution < 1.29 is 28.3 Å². The summed E-state index contributed by atoms with van der Waals surface area (Å²) in [5.74, 6) is -3.94. The van der Waals surface area contributed by atoms with Gasteiger partial charge in [0.15, 0.2) is 0 Å². The van der Waals surface area contributed by atoms with E-state index in [0.29, 0.717) is 38.0 Å². The van der Waals surface area contributed by atoms with Crippen LogP contribution in [-0.4, -0.2) is 66.1 Å². The summed E-state index contributed by atoms with van der Waals surface area (Å²) >= 11 is 0. The SMILES string of the molecule is CCCN(CCC)C(=O)c1cc(C)cc(C(N)=O)c1C(Cc1cc(F)cc(F)c1)C(O)CNC(C)C(=O)NCC. The van der Waals surface area contributed by atoms with E-state index in [1.807, 2.05) is 13.8 Å². The van der Waals surface area contributed by atoms with Crippen LogP contribution in [0.15, 0.2) is 30.3 Å². The number of rotatable bonds is 15. The Morgan fingerprint density at radius 2 is 1.55 bits per heavy atom. The number of benzene rings is 2. The molecule has 0 aromatic heterocycles. The Kier molecular flexibility index (Phi) is 12.7. The molecule has 0 aliphatic carbocycles. The lowest BCUT2D eigenvalue weighted by molar-refractivity contribution is -0.122. The maximum Gasteiger partial charge on any atom is 0.254 e. The summed E-state index contributed by atoms with van der Waals surface area (Å²) in [5.41, 5.74) is 7.11. The van der Waals surface area contributed by atoms with Gasteiger partial charge in [0, 0.05) is 49.3 Å². The van der Waals surface area contributed by atoms with Gasteiger partial charge in [-0.2, -0.15) is 0 Å². The summed E-state index contributed by atoms with van der Waals surface area (Å²) in [7, 11) is 0. The summed E-state index contributed by atoms with van der Waals surface area (Å²) in [6, 6.07) is 5.59. The van der Waals surface area contributed by atoms with Crippen LogP contribution in [0.25, 0.3) is 0 Å². The average Bonchev–Trinajstić information content (AvgIpc) is 2.88. The van der Waals surface area contributed by atoms with Crippen molar-refractivity contribution in [3.8, 4) is 0 Å². The first-order chi connectivity index (χ1) is 18.9. The highest BCUT2D eigenvalue weighted by Gasteiger charge is 2.32. The van der Waals surface area contributed by atoms with Crippen LogP contribution in [0.5, 0.6) is 0 Å². The molecule has 0 aliphatic heterocycles. The first-order valence-electron chi connectivity index (χ1n) is 13.8. The monoisotopic (exact) mass is 560 g/mol. The van der Waals surface area contributed by atoms with E-state index in [9.17, 15) is 28.3 Å². The van der Waals surface area contributed by atoms with Crippen LogP contribution < -0.4 is 16.4 Å². The van der Waals surface area contributed by atoms with E-state index >= 15 is 0 Å². The number of likely N-dealkylation sites (N-methyl/N-ethyl adjacent to an activating group) is 1. The number of nitrogens with two attached hydrogens (primary N) is 1. The zero-order chi connectivity index (χ0) is 30.0. The molecule has 0 aliphatic rings. The van der Waals surface area contributed by atoms with E-state index in [4.69, 9.17) is 5.73 Å². The van der Waals surface area contributed by atoms with Crippen LogP contribution in [0.2, 0.25) is 0 Å². The first-order valence-corrected chi connectivity index (χ1v) is 13.8. The van der Waals surface area contributed by atoms with Crippen molar-refractivity contribution in [2.45, 2.75) is 71.9 Å². The zero-order valence-corrected chi connectivity index (χ0v) is 24.0. The molecule has 5 N–H and O–H groups in total. The van der Waals surface area contributed by atoms with Gasteiger partial charge >= 0.3 is 0 Å². The predicted molar refractivity (Wildman–Crippen MR) is 151 cm³/mol. The van der Waals surface area contributed by atoms with Gasteiger partial charge in [0.25, 0.3) is 5.91 Å². The number of nitrogens with one attached hydrogen (secondary N) is 2. The Hall–Kier alpha value is -3.37. The number of hydrogen-bond donors (Lipinski definition) is 4. The number of primary amides is 1. The van der Waals surface area contributed by atoms with Gasteiger partial charge in [-0.15, -0.1) is 0 Å². The highest BCUT2D eigenvalue weighted by Crippen LogP contribution is 2.33. The molecule has 0 heterocycles. The quantitative estimate of drug-likeness (QED) is 0.266. The van der Waals surface area contributed by atoms with Crippen LogP contribution in [0.1, 0.15) is 83.9 Å². The minimum Gasteiger partial charge on any atom is -0.391 e. The third-order valence-electron chi connectivity index (χ3n) is 6.69. The van der Waals surface area contributed by atoms with Gasteiger partial charge in [0.1, 0.15) is 11.6 Å². The van der Waals surface area contributed by atoms with Crippen LogP contribution in [-0.2, 0) is 11.2 Å². The van der Waals surface area contributed by atoms with E-state index in [2.05, 4.69) is 10.6 Å². The summed E-state index contributed by atoms with van der Waals surface area (Å²) in [5, 5.41) is 17.2. The minimum atomic E-state index is -1.26. The lowest BCUT2D eigenvalue weighted by Gasteiger charge is -2.30. The molecule has 220 valence electrons. The Bertz CT molecular complexity index is 1160. The second kappa shape index (κ2) is 15.4. The first kappa shape index (κ1) is 32.8. The van der Waals surface area contributed by atoms with Crippen LogP contribution in [0.4, 0.5) is 8.78 Å². The Labute approximate surface area is 235 Å². The van der Waals surface area contributed by atoms with Crippen molar-refractivity contribution in [2.24, 2.45) is 5.73 Å². The zero-order valence-electron chi connectivity index (χ0n) is 24.0. The van der Waals surface area contributed by atoms with E-state index in [-0.39, 0.29) is 47.0 Å². The van der Waals surface area contributed by atoms with Gasteiger partial charge in [-0.25, -0.2) is 8.78 Å². The number of aryl methyl sites for hydroxylation is 1. The number of aliphatic hydroxyl groups excluding tert-OH is 1. The molecule has 2 rings (SSSR count). The molecule has 3 amide bonds. The van der Waals surface area contributed by atoms with Crippen molar-refractivity contribution in [1.82, 2.24) is 15.5 Å². The average molecular weight is 561 g/mol. The molecule has 10 heteroatoms. The number of halogens is 2.